The van der Waals surface area contributed by atoms with Gasteiger partial charge in [0.1, 0.15) is 0 Å². The molecule has 0 unspecified atom stereocenters. The van der Waals surface area contributed by atoms with Gasteiger partial charge < -0.3 is 0 Å². The van der Waals surface area contributed by atoms with E-state index >= 15 is 0 Å². The maximum absolute atomic E-state index is 11.1. The van der Waals surface area contributed by atoms with Gasteiger partial charge >= 0.3 is 0 Å². The molecule has 0 atom stereocenters. The highest BCUT2D eigenvalue weighted by Gasteiger charge is 2.08. The number of benzene rings is 1. The summed E-state index contributed by atoms with van der Waals surface area (Å²) in [6.45, 7) is 1.29. The second-order valence-corrected chi connectivity index (χ2v) is 3.70. The molecule has 0 aliphatic carbocycles. The van der Waals surface area contributed by atoms with Crippen molar-refractivity contribution in [1.29, 1.82) is 0 Å². The predicted octanol–water partition coefficient (Wildman–Crippen LogP) is 2.15. The van der Waals surface area contributed by atoms with E-state index in [4.69, 9.17) is 0 Å². The van der Waals surface area contributed by atoms with Gasteiger partial charge in [0, 0.05) is 17.8 Å². The molecular formula is C10H9BrO2. The van der Waals surface area contributed by atoms with E-state index < -0.39 is 0 Å². The maximum Gasteiger partial charge on any atom is 0.202 e. The summed E-state index contributed by atoms with van der Waals surface area (Å²) in [5.74, 6) is -0.738. The number of halogens is 1. The summed E-state index contributed by atoms with van der Waals surface area (Å²) < 4.78 is 0.918. The highest BCUT2D eigenvalue weighted by Crippen LogP contribution is 2.12. The minimum atomic E-state index is -0.389. The Bertz CT molecular complexity index is 345. The first-order chi connectivity index (χ1) is 6.09. The van der Waals surface area contributed by atoms with E-state index in [9.17, 15) is 9.59 Å². The van der Waals surface area contributed by atoms with E-state index in [1.807, 2.05) is 24.3 Å². The first kappa shape index (κ1) is 10.1. The minimum Gasteiger partial charge on any atom is -0.291 e. The molecule has 68 valence electrons. The molecule has 0 aromatic heterocycles. The van der Waals surface area contributed by atoms with Gasteiger partial charge in [-0.25, -0.2) is 0 Å². The fourth-order valence-corrected chi connectivity index (χ4v) is 1.40. The van der Waals surface area contributed by atoms with Crippen LogP contribution in [0.2, 0.25) is 0 Å². The Hall–Kier alpha value is -0.960. The van der Waals surface area contributed by atoms with Crippen LogP contribution in [-0.2, 0) is 16.0 Å². The molecule has 0 N–H and O–H groups in total. The molecule has 3 heteroatoms. The normalized spacial score (nSPS) is 9.69. The molecule has 1 rings (SSSR count). The highest BCUT2D eigenvalue weighted by molar-refractivity contribution is 9.10. The number of hydrogen-bond donors (Lipinski definition) is 0. The molecule has 0 fully saturated rings. The second-order valence-electron chi connectivity index (χ2n) is 2.79. The lowest BCUT2D eigenvalue weighted by atomic mass is 10.1. The lowest BCUT2D eigenvalue weighted by molar-refractivity contribution is -0.134. The fraction of sp³-hybridized carbons (Fsp3) is 0.200. The van der Waals surface area contributed by atoms with Crippen LogP contribution in [0.5, 0.6) is 0 Å². The van der Waals surface area contributed by atoms with Crippen LogP contribution >= 0.6 is 15.9 Å². The Kier molecular flexibility index (Phi) is 3.37. The molecule has 0 aliphatic heterocycles. The molecule has 1 aromatic rings. The van der Waals surface area contributed by atoms with Gasteiger partial charge in [0.25, 0.3) is 0 Å². The lowest BCUT2D eigenvalue weighted by Crippen LogP contribution is -2.12. The zero-order chi connectivity index (χ0) is 9.84. The Balaban J connectivity index is 2.75. The van der Waals surface area contributed by atoms with Crippen molar-refractivity contribution in [2.75, 3.05) is 0 Å². The van der Waals surface area contributed by atoms with E-state index in [-0.39, 0.29) is 18.0 Å². The van der Waals surface area contributed by atoms with E-state index in [1.54, 1.807) is 0 Å². The van der Waals surface area contributed by atoms with Crippen LogP contribution in [-0.4, -0.2) is 11.6 Å². The number of hydrogen-bond acceptors (Lipinski definition) is 2. The van der Waals surface area contributed by atoms with E-state index in [1.165, 1.54) is 6.92 Å². The minimum absolute atomic E-state index is 0.189. The third-order valence-corrected chi connectivity index (χ3v) is 2.14. The third-order valence-electron chi connectivity index (χ3n) is 1.65. The molecule has 0 aliphatic rings. The van der Waals surface area contributed by atoms with Gasteiger partial charge in [0.05, 0.1) is 0 Å². The lowest BCUT2D eigenvalue weighted by Gasteiger charge is -1.98. The van der Waals surface area contributed by atoms with Crippen molar-refractivity contribution in [1.82, 2.24) is 0 Å². The summed E-state index contributed by atoms with van der Waals surface area (Å²) in [7, 11) is 0. The van der Waals surface area contributed by atoms with Gasteiger partial charge in [-0.05, 0) is 17.7 Å². The van der Waals surface area contributed by atoms with Gasteiger partial charge in [-0.1, -0.05) is 28.1 Å². The molecule has 13 heavy (non-hydrogen) atoms. The van der Waals surface area contributed by atoms with Gasteiger partial charge in [-0.3, -0.25) is 9.59 Å². The van der Waals surface area contributed by atoms with Gasteiger partial charge in [0.2, 0.25) is 5.78 Å². The molecule has 0 amide bonds. The summed E-state index contributed by atoms with van der Waals surface area (Å²) in [5.41, 5.74) is 0.856. The summed E-state index contributed by atoms with van der Waals surface area (Å²) in [4.78, 5) is 21.7. The molecule has 0 bridgehead atoms. The molecule has 0 spiro atoms. The Labute approximate surface area is 85.1 Å². The van der Waals surface area contributed by atoms with E-state index in [0.717, 1.165) is 10.0 Å². The molecule has 2 nitrogen and oxygen atoms in total. The van der Waals surface area contributed by atoms with Crippen LogP contribution in [0.3, 0.4) is 0 Å². The largest absolute Gasteiger partial charge is 0.291 e. The number of carbonyl (C=O) groups is 2. The maximum atomic E-state index is 11.1. The number of rotatable bonds is 3. The van der Waals surface area contributed by atoms with Gasteiger partial charge in [0.15, 0.2) is 5.78 Å². The smallest absolute Gasteiger partial charge is 0.202 e. The highest BCUT2D eigenvalue weighted by atomic mass is 79.9. The van der Waals surface area contributed by atoms with Crippen LogP contribution in [0.4, 0.5) is 0 Å². The summed E-state index contributed by atoms with van der Waals surface area (Å²) in [5, 5.41) is 0. The van der Waals surface area contributed by atoms with Crippen LogP contribution in [0.25, 0.3) is 0 Å². The van der Waals surface area contributed by atoms with Crippen molar-refractivity contribution in [3.05, 3.63) is 34.3 Å². The van der Waals surface area contributed by atoms with Crippen molar-refractivity contribution in [3.63, 3.8) is 0 Å². The van der Waals surface area contributed by atoms with Gasteiger partial charge in [-0.15, -0.1) is 0 Å². The van der Waals surface area contributed by atoms with Crippen molar-refractivity contribution in [2.24, 2.45) is 0 Å². The summed E-state index contributed by atoms with van der Waals surface area (Å²) in [6, 6.07) is 7.38. The van der Waals surface area contributed by atoms with Crippen molar-refractivity contribution < 1.29 is 9.59 Å². The fourth-order valence-electron chi connectivity index (χ4n) is 0.957. The Morgan fingerprint density at radius 2 is 2.08 bits per heavy atom. The number of carbonyl (C=O) groups excluding carboxylic acids is 2. The Morgan fingerprint density at radius 3 is 2.62 bits per heavy atom. The second kappa shape index (κ2) is 4.33. The van der Waals surface area contributed by atoms with Crippen LogP contribution < -0.4 is 0 Å². The monoisotopic (exact) mass is 240 g/mol. The SMILES string of the molecule is CC(=O)C(=O)Cc1cccc(Br)c1. The van der Waals surface area contributed by atoms with Gasteiger partial charge in [-0.2, -0.15) is 0 Å². The summed E-state index contributed by atoms with van der Waals surface area (Å²) >= 11 is 3.29. The van der Waals surface area contributed by atoms with E-state index in [2.05, 4.69) is 15.9 Å². The van der Waals surface area contributed by atoms with E-state index in [0.29, 0.717) is 0 Å². The third kappa shape index (κ3) is 3.11. The topological polar surface area (TPSA) is 34.1 Å². The van der Waals surface area contributed by atoms with Crippen LogP contribution in [0, 0.1) is 0 Å². The predicted molar refractivity (Wildman–Crippen MR) is 53.5 cm³/mol. The molecule has 0 saturated carbocycles. The zero-order valence-corrected chi connectivity index (χ0v) is 8.80. The van der Waals surface area contributed by atoms with Crippen molar-refractivity contribution in [3.8, 4) is 0 Å². The van der Waals surface area contributed by atoms with Crippen molar-refractivity contribution >= 4 is 27.5 Å². The average Bonchev–Trinajstić information content (AvgIpc) is 2.04. The number of Topliss-reactive ketones (excluding diaryl/α,β-unsaturated/α-hetero) is 2. The van der Waals surface area contributed by atoms with Crippen LogP contribution in [0.15, 0.2) is 28.7 Å². The molecule has 1 aromatic carbocycles. The molecular weight excluding hydrogens is 232 g/mol. The van der Waals surface area contributed by atoms with Crippen LogP contribution in [0.1, 0.15) is 12.5 Å². The first-order valence-corrected chi connectivity index (χ1v) is 4.67. The molecule has 0 heterocycles. The van der Waals surface area contributed by atoms with Crippen molar-refractivity contribution in [2.45, 2.75) is 13.3 Å². The standard InChI is InChI=1S/C10H9BrO2/c1-7(12)10(13)6-8-3-2-4-9(11)5-8/h2-5H,6H2,1H3. The quantitative estimate of drug-likeness (QED) is 0.760. The average molecular weight is 241 g/mol. The number of ketones is 2. The first-order valence-electron chi connectivity index (χ1n) is 3.88. The molecule has 0 radical (unpaired) electrons. The Morgan fingerprint density at radius 1 is 1.38 bits per heavy atom. The summed E-state index contributed by atoms with van der Waals surface area (Å²) in [6.07, 6.45) is 0.189. The molecule has 0 saturated heterocycles. The zero-order valence-electron chi connectivity index (χ0n) is 7.21.